The first-order chi connectivity index (χ1) is 14.7. The summed E-state index contributed by atoms with van der Waals surface area (Å²) in [6.07, 6.45) is 0.930. The second-order valence-corrected chi connectivity index (χ2v) is 8.93. The maximum absolute atomic E-state index is 12.6. The SMILES string of the molecule is CCN(CC)CCOc1ccccc1CNC(=O)c1cc([N+](=O)[O-])cc(S(C)(=O)=O)c1. The molecule has 0 saturated carbocycles. The minimum absolute atomic E-state index is 0.102. The number of nitro groups is 1. The molecule has 10 heteroatoms. The number of non-ortho nitro benzene ring substituents is 1. The molecule has 0 fully saturated rings. The predicted molar refractivity (Wildman–Crippen MR) is 117 cm³/mol. The van der Waals surface area contributed by atoms with Crippen molar-refractivity contribution in [2.24, 2.45) is 0 Å². The number of carbonyl (C=O) groups excluding carboxylic acids is 1. The van der Waals surface area contributed by atoms with Crippen LogP contribution in [0.1, 0.15) is 29.8 Å². The highest BCUT2D eigenvalue weighted by Crippen LogP contribution is 2.22. The second-order valence-electron chi connectivity index (χ2n) is 6.91. The number of hydrogen-bond donors (Lipinski definition) is 1. The topological polar surface area (TPSA) is 119 Å². The molecule has 0 aliphatic rings. The van der Waals surface area contributed by atoms with Gasteiger partial charge in [-0.05, 0) is 25.2 Å². The van der Waals surface area contributed by atoms with Crippen molar-refractivity contribution in [2.75, 3.05) is 32.5 Å². The van der Waals surface area contributed by atoms with Gasteiger partial charge in [-0.15, -0.1) is 0 Å². The monoisotopic (exact) mass is 449 g/mol. The van der Waals surface area contributed by atoms with Gasteiger partial charge in [0.25, 0.3) is 11.6 Å². The van der Waals surface area contributed by atoms with Crippen LogP contribution >= 0.6 is 0 Å². The average Bonchev–Trinajstić information content (AvgIpc) is 2.74. The van der Waals surface area contributed by atoms with E-state index in [2.05, 4.69) is 24.1 Å². The number of hydrogen-bond acceptors (Lipinski definition) is 7. The molecule has 0 bridgehead atoms. The zero-order valence-electron chi connectivity index (χ0n) is 17.8. The van der Waals surface area contributed by atoms with Crippen molar-refractivity contribution in [1.29, 1.82) is 0 Å². The van der Waals surface area contributed by atoms with E-state index in [9.17, 15) is 23.3 Å². The average molecular weight is 450 g/mol. The normalized spacial score (nSPS) is 11.4. The minimum atomic E-state index is -3.72. The zero-order chi connectivity index (χ0) is 23.0. The first-order valence-electron chi connectivity index (χ1n) is 9.86. The summed E-state index contributed by atoms with van der Waals surface area (Å²) in [5, 5.41) is 13.8. The van der Waals surface area contributed by atoms with E-state index in [0.29, 0.717) is 12.4 Å². The number of likely N-dealkylation sites (N-methyl/N-ethyl adjacent to an activating group) is 1. The molecule has 0 heterocycles. The van der Waals surface area contributed by atoms with E-state index < -0.39 is 26.4 Å². The van der Waals surface area contributed by atoms with E-state index in [4.69, 9.17) is 4.74 Å². The number of nitrogens with one attached hydrogen (secondary N) is 1. The molecule has 0 spiro atoms. The van der Waals surface area contributed by atoms with Gasteiger partial charge in [-0.2, -0.15) is 0 Å². The molecule has 0 aliphatic carbocycles. The predicted octanol–water partition coefficient (Wildman–Crippen LogP) is 2.65. The quantitative estimate of drug-likeness (QED) is 0.414. The molecule has 31 heavy (non-hydrogen) atoms. The van der Waals surface area contributed by atoms with Crippen LogP contribution in [0.25, 0.3) is 0 Å². The van der Waals surface area contributed by atoms with E-state index >= 15 is 0 Å². The van der Waals surface area contributed by atoms with Crippen LogP contribution in [0, 0.1) is 10.1 Å². The third-order valence-electron chi connectivity index (χ3n) is 4.76. The van der Waals surface area contributed by atoms with Gasteiger partial charge in [0.2, 0.25) is 0 Å². The van der Waals surface area contributed by atoms with Crippen LogP contribution in [0.4, 0.5) is 5.69 Å². The third-order valence-corrected chi connectivity index (χ3v) is 5.86. The van der Waals surface area contributed by atoms with Crippen LogP contribution in [0.5, 0.6) is 5.75 Å². The smallest absolute Gasteiger partial charge is 0.271 e. The Balaban J connectivity index is 2.13. The number of benzene rings is 2. The van der Waals surface area contributed by atoms with Gasteiger partial charge in [-0.1, -0.05) is 32.0 Å². The zero-order valence-corrected chi connectivity index (χ0v) is 18.6. The lowest BCUT2D eigenvalue weighted by molar-refractivity contribution is -0.385. The molecular weight excluding hydrogens is 422 g/mol. The van der Waals surface area contributed by atoms with E-state index in [0.717, 1.165) is 49.7 Å². The molecule has 1 N–H and O–H groups in total. The Bertz CT molecular complexity index is 1040. The van der Waals surface area contributed by atoms with Crippen molar-refractivity contribution >= 4 is 21.4 Å². The van der Waals surface area contributed by atoms with Crippen LogP contribution in [0.15, 0.2) is 47.4 Å². The Morgan fingerprint density at radius 3 is 2.45 bits per heavy atom. The van der Waals surface area contributed by atoms with Gasteiger partial charge in [-0.3, -0.25) is 14.9 Å². The fourth-order valence-corrected chi connectivity index (χ4v) is 3.60. The number of rotatable bonds is 11. The molecule has 9 nitrogen and oxygen atoms in total. The van der Waals surface area contributed by atoms with Gasteiger partial charge in [0, 0.05) is 42.6 Å². The summed E-state index contributed by atoms with van der Waals surface area (Å²) in [6, 6.07) is 10.4. The van der Waals surface area contributed by atoms with Crippen LogP contribution in [-0.2, 0) is 16.4 Å². The molecule has 2 aromatic carbocycles. The largest absolute Gasteiger partial charge is 0.492 e. The van der Waals surface area contributed by atoms with Crippen molar-refractivity contribution in [3.8, 4) is 5.75 Å². The van der Waals surface area contributed by atoms with Gasteiger partial charge < -0.3 is 15.0 Å². The lowest BCUT2D eigenvalue weighted by atomic mass is 10.1. The lowest BCUT2D eigenvalue weighted by Gasteiger charge is -2.19. The summed E-state index contributed by atoms with van der Waals surface area (Å²) in [5.41, 5.74) is 0.173. The van der Waals surface area contributed by atoms with E-state index in [-0.39, 0.29) is 17.0 Å². The maximum atomic E-state index is 12.6. The summed E-state index contributed by atoms with van der Waals surface area (Å²) in [7, 11) is -3.72. The molecule has 0 saturated heterocycles. The standard InChI is InChI=1S/C21H27N3O6S/c1-4-23(5-2)10-11-30-20-9-7-6-8-16(20)15-22-21(25)17-12-18(24(26)27)14-19(13-17)31(3,28)29/h6-9,12-14H,4-5,10-11,15H2,1-3H3,(H,22,25). The van der Waals surface area contributed by atoms with Crippen molar-refractivity contribution in [2.45, 2.75) is 25.3 Å². The Morgan fingerprint density at radius 1 is 1.16 bits per heavy atom. The molecule has 0 atom stereocenters. The molecule has 0 radical (unpaired) electrons. The van der Waals surface area contributed by atoms with Gasteiger partial charge in [0.1, 0.15) is 12.4 Å². The van der Waals surface area contributed by atoms with Crippen LogP contribution in [0.2, 0.25) is 0 Å². The van der Waals surface area contributed by atoms with Crippen molar-refractivity contribution in [3.05, 3.63) is 63.7 Å². The Kier molecular flexibility index (Phi) is 8.52. The number of nitrogens with zero attached hydrogens (tertiary/aromatic N) is 2. The number of amides is 1. The molecule has 2 aromatic rings. The van der Waals surface area contributed by atoms with Crippen LogP contribution in [0.3, 0.4) is 0 Å². The number of nitro benzene ring substituents is 1. The Hall–Kier alpha value is -2.98. The lowest BCUT2D eigenvalue weighted by Crippen LogP contribution is -2.28. The van der Waals surface area contributed by atoms with Gasteiger partial charge in [-0.25, -0.2) is 8.42 Å². The number of para-hydroxylation sites is 1. The number of carbonyl (C=O) groups is 1. The first kappa shape index (κ1) is 24.3. The molecule has 0 unspecified atom stereocenters. The summed E-state index contributed by atoms with van der Waals surface area (Å²) < 4.78 is 29.5. The highest BCUT2D eigenvalue weighted by atomic mass is 32.2. The van der Waals surface area contributed by atoms with Crippen molar-refractivity contribution < 1.29 is 22.9 Å². The van der Waals surface area contributed by atoms with Crippen molar-refractivity contribution in [3.63, 3.8) is 0 Å². The summed E-state index contributed by atoms with van der Waals surface area (Å²) in [6.45, 7) is 7.40. The van der Waals surface area contributed by atoms with Gasteiger partial charge in [0.05, 0.1) is 9.82 Å². The van der Waals surface area contributed by atoms with Crippen LogP contribution < -0.4 is 10.1 Å². The molecule has 1 amide bonds. The summed E-state index contributed by atoms with van der Waals surface area (Å²) >= 11 is 0. The molecular formula is C21H27N3O6S. The van der Waals surface area contributed by atoms with E-state index in [1.54, 1.807) is 6.07 Å². The maximum Gasteiger partial charge on any atom is 0.271 e. The summed E-state index contributed by atoms with van der Waals surface area (Å²) in [4.78, 5) is 24.9. The fraction of sp³-hybridized carbons (Fsp3) is 0.381. The molecule has 0 aliphatic heterocycles. The molecule has 2 rings (SSSR count). The molecule has 0 aromatic heterocycles. The summed E-state index contributed by atoms with van der Waals surface area (Å²) in [5.74, 6) is 0.0115. The minimum Gasteiger partial charge on any atom is -0.492 e. The number of sulfone groups is 1. The first-order valence-corrected chi connectivity index (χ1v) is 11.8. The van der Waals surface area contributed by atoms with E-state index in [1.165, 1.54) is 0 Å². The van der Waals surface area contributed by atoms with Crippen LogP contribution in [-0.4, -0.2) is 56.6 Å². The van der Waals surface area contributed by atoms with E-state index in [1.807, 2.05) is 18.2 Å². The highest BCUT2D eigenvalue weighted by Gasteiger charge is 2.19. The van der Waals surface area contributed by atoms with Gasteiger partial charge >= 0.3 is 0 Å². The van der Waals surface area contributed by atoms with Gasteiger partial charge in [0.15, 0.2) is 9.84 Å². The third kappa shape index (κ3) is 7.04. The van der Waals surface area contributed by atoms with Crippen molar-refractivity contribution in [1.82, 2.24) is 10.2 Å². The Labute approximate surface area is 182 Å². The number of ether oxygens (including phenoxy) is 1. The highest BCUT2D eigenvalue weighted by molar-refractivity contribution is 7.90. The Morgan fingerprint density at radius 2 is 1.84 bits per heavy atom. The molecule has 168 valence electrons. The fourth-order valence-electron chi connectivity index (χ4n) is 2.93. The second kappa shape index (κ2) is 10.9.